The Hall–Kier alpha value is -3.12. The second-order valence-corrected chi connectivity index (χ2v) is 5.91. The molecule has 132 valence electrons. The van der Waals surface area contributed by atoms with Crippen LogP contribution >= 0.6 is 0 Å². The van der Waals surface area contributed by atoms with E-state index in [9.17, 15) is 0 Å². The van der Waals surface area contributed by atoms with Crippen molar-refractivity contribution in [3.63, 3.8) is 0 Å². The molecule has 0 amide bonds. The molecule has 4 aromatic rings. The molecule has 2 N–H and O–H groups in total. The molecule has 0 fully saturated rings. The molecule has 6 nitrogen and oxygen atoms in total. The van der Waals surface area contributed by atoms with Crippen LogP contribution in [0.3, 0.4) is 0 Å². The van der Waals surface area contributed by atoms with Gasteiger partial charge in [0, 0.05) is 18.7 Å². The summed E-state index contributed by atoms with van der Waals surface area (Å²) < 4.78 is 11.6. The van der Waals surface area contributed by atoms with Gasteiger partial charge in [0.2, 0.25) is 5.71 Å². The molecule has 0 saturated heterocycles. The summed E-state index contributed by atoms with van der Waals surface area (Å²) in [6.07, 6.45) is 4.71. The Bertz CT molecular complexity index is 978. The van der Waals surface area contributed by atoms with Crippen LogP contribution in [0.2, 0.25) is 0 Å². The van der Waals surface area contributed by atoms with Crippen molar-refractivity contribution in [2.24, 2.45) is 0 Å². The van der Waals surface area contributed by atoms with Gasteiger partial charge in [-0.25, -0.2) is 9.97 Å². The summed E-state index contributed by atoms with van der Waals surface area (Å²) in [4.78, 5) is 8.71. The lowest BCUT2D eigenvalue weighted by Crippen LogP contribution is -2.05. The Kier molecular flexibility index (Phi) is 4.66. The topological polar surface area (TPSA) is 84.3 Å². The summed E-state index contributed by atoms with van der Waals surface area (Å²) in [5, 5.41) is 13.1. The van der Waals surface area contributed by atoms with Crippen molar-refractivity contribution >= 4 is 16.9 Å². The lowest BCUT2D eigenvalue weighted by molar-refractivity contribution is 0.286. The minimum Gasteiger partial charge on any atom is -0.461 e. The fourth-order valence-electron chi connectivity index (χ4n) is 2.97. The van der Waals surface area contributed by atoms with Crippen molar-refractivity contribution in [2.45, 2.75) is 12.8 Å². The van der Waals surface area contributed by atoms with Crippen LogP contribution in [0.4, 0.5) is 5.82 Å². The highest BCUT2D eigenvalue weighted by molar-refractivity contribution is 6.05. The van der Waals surface area contributed by atoms with E-state index in [-0.39, 0.29) is 6.61 Å². The molecule has 1 aromatic carbocycles. The number of benzene rings is 1. The summed E-state index contributed by atoms with van der Waals surface area (Å²) in [5.74, 6) is 2.00. The standard InChI is InChI=1S/C20H19N3O3/c24-11-5-4-10-21-19-17-16(14-7-2-1-3-8-14)18(15-9-6-12-25-15)26-20(17)23-13-22-19/h1-3,6-9,12-13,24H,4-5,10-11H2,(H,21,22,23). The summed E-state index contributed by atoms with van der Waals surface area (Å²) in [6, 6.07) is 13.7. The quantitative estimate of drug-likeness (QED) is 0.483. The predicted molar refractivity (Wildman–Crippen MR) is 99.8 cm³/mol. The van der Waals surface area contributed by atoms with Gasteiger partial charge in [-0.3, -0.25) is 0 Å². The van der Waals surface area contributed by atoms with E-state index in [0.717, 1.165) is 29.4 Å². The van der Waals surface area contributed by atoms with Crippen LogP contribution in [0.5, 0.6) is 0 Å². The average molecular weight is 349 g/mol. The Morgan fingerprint density at radius 1 is 1.00 bits per heavy atom. The third kappa shape index (κ3) is 3.07. The number of anilines is 1. The van der Waals surface area contributed by atoms with Crippen LogP contribution in [0.15, 0.2) is 63.9 Å². The van der Waals surface area contributed by atoms with Crippen molar-refractivity contribution in [3.05, 3.63) is 55.1 Å². The minimum atomic E-state index is 0.185. The zero-order valence-corrected chi connectivity index (χ0v) is 14.2. The van der Waals surface area contributed by atoms with E-state index < -0.39 is 0 Å². The smallest absolute Gasteiger partial charge is 0.232 e. The Balaban J connectivity index is 1.87. The van der Waals surface area contributed by atoms with Crippen LogP contribution in [0.1, 0.15) is 12.8 Å². The van der Waals surface area contributed by atoms with Gasteiger partial charge in [-0.15, -0.1) is 0 Å². The number of fused-ring (bicyclic) bond motifs is 1. The van der Waals surface area contributed by atoms with Gasteiger partial charge >= 0.3 is 0 Å². The van der Waals surface area contributed by atoms with Crippen LogP contribution in [-0.2, 0) is 0 Å². The molecule has 26 heavy (non-hydrogen) atoms. The number of aliphatic hydroxyl groups is 1. The van der Waals surface area contributed by atoms with Crippen LogP contribution in [-0.4, -0.2) is 28.2 Å². The number of nitrogens with one attached hydrogen (secondary N) is 1. The second kappa shape index (κ2) is 7.41. The number of nitrogens with zero attached hydrogens (tertiary/aromatic N) is 2. The zero-order valence-electron chi connectivity index (χ0n) is 14.2. The molecule has 0 atom stereocenters. The Morgan fingerprint density at radius 2 is 1.88 bits per heavy atom. The van der Waals surface area contributed by atoms with Gasteiger partial charge in [-0.2, -0.15) is 0 Å². The normalized spacial score (nSPS) is 11.1. The average Bonchev–Trinajstić information content (AvgIpc) is 3.33. The monoisotopic (exact) mass is 349 g/mol. The van der Waals surface area contributed by atoms with Crippen molar-refractivity contribution in [3.8, 4) is 22.6 Å². The van der Waals surface area contributed by atoms with Crippen molar-refractivity contribution in [2.75, 3.05) is 18.5 Å². The first-order valence-corrected chi connectivity index (χ1v) is 8.60. The molecule has 0 bridgehead atoms. The highest BCUT2D eigenvalue weighted by atomic mass is 16.4. The molecule has 0 spiro atoms. The van der Waals surface area contributed by atoms with Crippen molar-refractivity contribution < 1.29 is 13.9 Å². The molecule has 4 rings (SSSR count). The minimum absolute atomic E-state index is 0.185. The molecule has 0 aliphatic heterocycles. The molecule has 6 heteroatoms. The van der Waals surface area contributed by atoms with E-state index in [0.29, 0.717) is 29.6 Å². The third-order valence-corrected chi connectivity index (χ3v) is 4.17. The van der Waals surface area contributed by atoms with E-state index >= 15 is 0 Å². The van der Waals surface area contributed by atoms with Gasteiger partial charge in [0.15, 0.2) is 11.5 Å². The fourth-order valence-corrected chi connectivity index (χ4v) is 2.97. The molecular weight excluding hydrogens is 330 g/mol. The van der Waals surface area contributed by atoms with E-state index in [2.05, 4.69) is 15.3 Å². The number of furan rings is 2. The van der Waals surface area contributed by atoms with Crippen molar-refractivity contribution in [1.29, 1.82) is 0 Å². The van der Waals surface area contributed by atoms with Crippen LogP contribution in [0, 0.1) is 0 Å². The Labute approximate surface area is 150 Å². The third-order valence-electron chi connectivity index (χ3n) is 4.17. The Morgan fingerprint density at radius 3 is 2.65 bits per heavy atom. The maximum atomic E-state index is 8.96. The van der Waals surface area contributed by atoms with Crippen LogP contribution in [0.25, 0.3) is 33.7 Å². The maximum Gasteiger partial charge on any atom is 0.232 e. The van der Waals surface area contributed by atoms with Gasteiger partial charge < -0.3 is 19.3 Å². The zero-order chi connectivity index (χ0) is 17.8. The highest BCUT2D eigenvalue weighted by Crippen LogP contribution is 2.42. The van der Waals surface area contributed by atoms with Gasteiger partial charge in [0.1, 0.15) is 12.1 Å². The van der Waals surface area contributed by atoms with Gasteiger partial charge in [0.05, 0.1) is 11.6 Å². The van der Waals surface area contributed by atoms with Crippen molar-refractivity contribution in [1.82, 2.24) is 9.97 Å². The van der Waals surface area contributed by atoms with E-state index in [4.69, 9.17) is 13.9 Å². The summed E-state index contributed by atoms with van der Waals surface area (Å²) in [7, 11) is 0. The predicted octanol–water partition coefficient (Wildman–Crippen LogP) is 4.33. The number of unbranched alkanes of at least 4 members (excludes halogenated alkanes) is 1. The fraction of sp³-hybridized carbons (Fsp3) is 0.200. The number of aliphatic hydroxyl groups excluding tert-OH is 1. The van der Waals surface area contributed by atoms with E-state index in [1.54, 1.807) is 6.26 Å². The molecule has 0 aliphatic rings. The lowest BCUT2D eigenvalue weighted by atomic mass is 10.0. The lowest BCUT2D eigenvalue weighted by Gasteiger charge is -2.07. The van der Waals surface area contributed by atoms with E-state index in [1.165, 1.54) is 6.33 Å². The summed E-state index contributed by atoms with van der Waals surface area (Å²) in [5.41, 5.74) is 2.42. The number of hydrogen-bond acceptors (Lipinski definition) is 6. The van der Waals surface area contributed by atoms with Crippen LogP contribution < -0.4 is 5.32 Å². The second-order valence-electron chi connectivity index (χ2n) is 5.91. The van der Waals surface area contributed by atoms with E-state index in [1.807, 2.05) is 42.5 Å². The molecule has 0 saturated carbocycles. The molecule has 3 aromatic heterocycles. The van der Waals surface area contributed by atoms with Gasteiger partial charge in [0.25, 0.3) is 0 Å². The largest absolute Gasteiger partial charge is 0.461 e. The van der Waals surface area contributed by atoms with Gasteiger partial charge in [-0.05, 0) is 30.5 Å². The molecular formula is C20H19N3O3. The maximum absolute atomic E-state index is 8.96. The number of hydrogen-bond donors (Lipinski definition) is 2. The number of rotatable bonds is 7. The first kappa shape index (κ1) is 16.4. The SMILES string of the molecule is OCCCCNc1ncnc2oc(-c3ccco3)c(-c3ccccc3)c12. The molecule has 0 aliphatic carbocycles. The summed E-state index contributed by atoms with van der Waals surface area (Å²) >= 11 is 0. The first-order chi connectivity index (χ1) is 12.9. The first-order valence-electron chi connectivity index (χ1n) is 8.60. The highest BCUT2D eigenvalue weighted by Gasteiger charge is 2.23. The molecule has 3 heterocycles. The summed E-state index contributed by atoms with van der Waals surface area (Å²) in [6.45, 7) is 0.895. The molecule has 0 unspecified atom stereocenters. The number of aromatic nitrogens is 2. The molecule has 0 radical (unpaired) electrons. The van der Waals surface area contributed by atoms with Gasteiger partial charge in [-0.1, -0.05) is 30.3 Å².